The van der Waals surface area contributed by atoms with Crippen LogP contribution in [0.25, 0.3) is 0 Å². The van der Waals surface area contributed by atoms with E-state index in [-0.39, 0.29) is 11.4 Å². The third kappa shape index (κ3) is 3.02. The number of methoxy groups -OCH3 is 1. The van der Waals surface area contributed by atoms with Gasteiger partial charge in [-0.05, 0) is 43.9 Å². The highest BCUT2D eigenvalue weighted by Crippen LogP contribution is 2.51. The molecule has 0 amide bonds. The zero-order valence-corrected chi connectivity index (χ0v) is 12.1. The zero-order valence-electron chi connectivity index (χ0n) is 12.1. The highest BCUT2D eigenvalue weighted by Gasteiger charge is 2.49. The molecule has 1 aliphatic carbocycles. The van der Waals surface area contributed by atoms with Crippen molar-refractivity contribution in [3.63, 3.8) is 0 Å². The predicted molar refractivity (Wildman–Crippen MR) is 70.7 cm³/mol. The lowest BCUT2D eigenvalue weighted by atomic mass is 9.77. The van der Waals surface area contributed by atoms with E-state index < -0.39 is 0 Å². The smallest absolute Gasteiger partial charge is 0.311 e. The lowest BCUT2D eigenvalue weighted by Gasteiger charge is -2.28. The van der Waals surface area contributed by atoms with E-state index in [2.05, 4.69) is 27.7 Å². The van der Waals surface area contributed by atoms with Crippen molar-refractivity contribution in [3.8, 4) is 0 Å². The van der Waals surface area contributed by atoms with Crippen LogP contribution < -0.4 is 0 Å². The SMILES string of the molecule is CCCCC1CC(C(C)C)CC1(C)C(=O)OC. The topological polar surface area (TPSA) is 26.3 Å². The van der Waals surface area contributed by atoms with Crippen molar-refractivity contribution in [2.45, 2.75) is 59.8 Å². The van der Waals surface area contributed by atoms with Gasteiger partial charge in [0.05, 0.1) is 12.5 Å². The molecule has 100 valence electrons. The van der Waals surface area contributed by atoms with E-state index >= 15 is 0 Å². The molecule has 2 nitrogen and oxygen atoms in total. The summed E-state index contributed by atoms with van der Waals surface area (Å²) >= 11 is 0. The minimum atomic E-state index is -0.237. The van der Waals surface area contributed by atoms with Crippen LogP contribution in [0, 0.1) is 23.2 Å². The van der Waals surface area contributed by atoms with Gasteiger partial charge in [0, 0.05) is 0 Å². The molecule has 0 saturated heterocycles. The van der Waals surface area contributed by atoms with E-state index in [1.54, 1.807) is 0 Å². The molecule has 0 aliphatic heterocycles. The molecule has 0 aromatic carbocycles. The number of carbonyl (C=O) groups excluding carboxylic acids is 1. The maximum atomic E-state index is 12.1. The Kier molecular flexibility index (Phi) is 5.03. The predicted octanol–water partition coefficient (Wildman–Crippen LogP) is 4.04. The van der Waals surface area contributed by atoms with Crippen LogP contribution in [0.5, 0.6) is 0 Å². The number of hydrogen-bond acceptors (Lipinski definition) is 2. The Labute approximate surface area is 106 Å². The standard InChI is InChI=1S/C15H28O2/c1-6-7-8-13-9-12(11(2)3)10-15(13,4)14(16)17-5/h11-13H,6-10H2,1-5H3. The largest absolute Gasteiger partial charge is 0.469 e. The Morgan fingerprint density at radius 2 is 2.12 bits per heavy atom. The molecule has 1 rings (SSSR count). The van der Waals surface area contributed by atoms with Crippen LogP contribution in [0.1, 0.15) is 59.8 Å². The second-order valence-corrected chi connectivity index (χ2v) is 6.19. The van der Waals surface area contributed by atoms with Crippen LogP contribution in [-0.2, 0) is 9.53 Å². The lowest BCUT2D eigenvalue weighted by Crippen LogP contribution is -2.33. The van der Waals surface area contributed by atoms with Crippen LogP contribution in [0.4, 0.5) is 0 Å². The van der Waals surface area contributed by atoms with Crippen LogP contribution in [0.15, 0.2) is 0 Å². The molecule has 1 saturated carbocycles. The number of hydrogen-bond donors (Lipinski definition) is 0. The van der Waals surface area contributed by atoms with Crippen molar-refractivity contribution >= 4 is 5.97 Å². The molecule has 0 radical (unpaired) electrons. The Morgan fingerprint density at radius 1 is 1.47 bits per heavy atom. The van der Waals surface area contributed by atoms with Gasteiger partial charge in [0.25, 0.3) is 0 Å². The molecule has 0 aromatic rings. The summed E-state index contributed by atoms with van der Waals surface area (Å²) in [5.41, 5.74) is -0.237. The monoisotopic (exact) mass is 240 g/mol. The molecule has 1 fully saturated rings. The fourth-order valence-electron chi connectivity index (χ4n) is 3.30. The van der Waals surface area contributed by atoms with Gasteiger partial charge in [0.2, 0.25) is 0 Å². The highest BCUT2D eigenvalue weighted by molar-refractivity contribution is 5.77. The normalized spacial score (nSPS) is 33.1. The molecule has 3 atom stereocenters. The van der Waals surface area contributed by atoms with Gasteiger partial charge in [0.1, 0.15) is 0 Å². The fraction of sp³-hybridized carbons (Fsp3) is 0.933. The van der Waals surface area contributed by atoms with Gasteiger partial charge in [-0.15, -0.1) is 0 Å². The van der Waals surface area contributed by atoms with Crippen molar-refractivity contribution in [1.82, 2.24) is 0 Å². The van der Waals surface area contributed by atoms with Crippen molar-refractivity contribution in [3.05, 3.63) is 0 Å². The Bertz CT molecular complexity index is 260. The van der Waals surface area contributed by atoms with Crippen molar-refractivity contribution in [2.75, 3.05) is 7.11 Å². The first-order valence-electron chi connectivity index (χ1n) is 7.04. The van der Waals surface area contributed by atoms with Gasteiger partial charge < -0.3 is 4.74 Å². The Balaban J connectivity index is 2.79. The molecule has 0 N–H and O–H groups in total. The summed E-state index contributed by atoms with van der Waals surface area (Å²) in [5.74, 6) is 1.87. The molecule has 0 spiro atoms. The minimum Gasteiger partial charge on any atom is -0.469 e. The van der Waals surface area contributed by atoms with Crippen molar-refractivity contribution < 1.29 is 9.53 Å². The van der Waals surface area contributed by atoms with Gasteiger partial charge >= 0.3 is 5.97 Å². The molecular formula is C15H28O2. The van der Waals surface area contributed by atoms with Crippen molar-refractivity contribution in [1.29, 1.82) is 0 Å². The summed E-state index contributed by atoms with van der Waals surface area (Å²) in [4.78, 5) is 12.1. The first-order valence-corrected chi connectivity index (χ1v) is 7.04. The molecule has 0 heterocycles. The number of ether oxygens (including phenoxy) is 1. The Morgan fingerprint density at radius 3 is 2.59 bits per heavy atom. The summed E-state index contributed by atoms with van der Waals surface area (Å²) in [6.07, 6.45) is 5.81. The molecule has 2 heteroatoms. The maximum Gasteiger partial charge on any atom is 0.311 e. The third-order valence-corrected chi connectivity index (χ3v) is 4.68. The molecule has 0 bridgehead atoms. The van der Waals surface area contributed by atoms with E-state index in [1.165, 1.54) is 32.8 Å². The molecule has 3 unspecified atom stereocenters. The third-order valence-electron chi connectivity index (χ3n) is 4.68. The number of carbonyl (C=O) groups is 1. The summed E-state index contributed by atoms with van der Waals surface area (Å²) in [6, 6.07) is 0. The summed E-state index contributed by atoms with van der Waals surface area (Å²) in [7, 11) is 1.52. The molecule has 17 heavy (non-hydrogen) atoms. The van der Waals surface area contributed by atoms with Gasteiger partial charge in [-0.1, -0.05) is 33.6 Å². The first kappa shape index (κ1) is 14.5. The van der Waals surface area contributed by atoms with Gasteiger partial charge in [-0.25, -0.2) is 0 Å². The maximum absolute atomic E-state index is 12.1. The first-order chi connectivity index (χ1) is 7.95. The average molecular weight is 240 g/mol. The molecule has 0 aromatic heterocycles. The van der Waals surface area contributed by atoms with Crippen LogP contribution in [-0.4, -0.2) is 13.1 Å². The Hall–Kier alpha value is -0.530. The summed E-state index contributed by atoms with van der Waals surface area (Å²) in [6.45, 7) is 8.86. The molecular weight excluding hydrogens is 212 g/mol. The minimum absolute atomic E-state index is 0.00162. The van der Waals surface area contributed by atoms with Gasteiger partial charge in [-0.3, -0.25) is 4.79 Å². The van der Waals surface area contributed by atoms with Crippen LogP contribution >= 0.6 is 0 Å². The van der Waals surface area contributed by atoms with Gasteiger partial charge in [-0.2, -0.15) is 0 Å². The fourth-order valence-corrected chi connectivity index (χ4v) is 3.30. The van der Waals surface area contributed by atoms with E-state index in [1.807, 2.05) is 0 Å². The van der Waals surface area contributed by atoms with Crippen LogP contribution in [0.3, 0.4) is 0 Å². The highest BCUT2D eigenvalue weighted by atomic mass is 16.5. The van der Waals surface area contributed by atoms with Gasteiger partial charge in [0.15, 0.2) is 0 Å². The van der Waals surface area contributed by atoms with E-state index in [0.29, 0.717) is 17.8 Å². The van der Waals surface area contributed by atoms with E-state index in [4.69, 9.17) is 4.74 Å². The second-order valence-electron chi connectivity index (χ2n) is 6.19. The zero-order chi connectivity index (χ0) is 13.1. The number of rotatable bonds is 5. The summed E-state index contributed by atoms with van der Waals surface area (Å²) < 4.78 is 5.04. The van der Waals surface area contributed by atoms with E-state index in [0.717, 1.165) is 6.42 Å². The quantitative estimate of drug-likeness (QED) is 0.678. The number of esters is 1. The van der Waals surface area contributed by atoms with Crippen molar-refractivity contribution in [2.24, 2.45) is 23.2 Å². The molecule has 1 aliphatic rings. The summed E-state index contributed by atoms with van der Waals surface area (Å²) in [5, 5.41) is 0. The van der Waals surface area contributed by atoms with Crippen LogP contribution in [0.2, 0.25) is 0 Å². The second kappa shape index (κ2) is 5.88. The average Bonchev–Trinajstić information content (AvgIpc) is 2.64. The lowest BCUT2D eigenvalue weighted by molar-refractivity contribution is -0.154. The number of unbranched alkanes of at least 4 members (excludes halogenated alkanes) is 1. The van der Waals surface area contributed by atoms with E-state index in [9.17, 15) is 4.79 Å².